The molecule has 1 fully saturated rings. The quantitative estimate of drug-likeness (QED) is 0.353. The number of rotatable bonds is 10. The van der Waals surface area contributed by atoms with Gasteiger partial charge >= 0.3 is 11.9 Å². The van der Waals surface area contributed by atoms with Crippen LogP contribution in [0.2, 0.25) is 0 Å². The van der Waals surface area contributed by atoms with E-state index in [0.717, 1.165) is 19.3 Å². The summed E-state index contributed by atoms with van der Waals surface area (Å²) in [5.41, 5.74) is -0.903. The van der Waals surface area contributed by atoms with E-state index in [1.807, 2.05) is 6.07 Å². The normalized spacial score (nSPS) is 17.3. The fourth-order valence-electron chi connectivity index (χ4n) is 3.29. The highest BCUT2D eigenvalue weighted by atomic mass is 16.7. The summed E-state index contributed by atoms with van der Waals surface area (Å²) in [5, 5.41) is 0. The molecule has 0 aromatic heterocycles. The van der Waals surface area contributed by atoms with E-state index in [2.05, 4.69) is 0 Å². The summed E-state index contributed by atoms with van der Waals surface area (Å²) < 4.78 is 21.9. The van der Waals surface area contributed by atoms with Gasteiger partial charge in [0.05, 0.1) is 13.2 Å². The first-order chi connectivity index (χ1) is 13.1. The van der Waals surface area contributed by atoms with Gasteiger partial charge < -0.3 is 18.9 Å². The molecule has 1 saturated heterocycles. The predicted molar refractivity (Wildman–Crippen MR) is 100 cm³/mol. The Morgan fingerprint density at radius 3 is 2.30 bits per heavy atom. The van der Waals surface area contributed by atoms with Gasteiger partial charge in [-0.2, -0.15) is 0 Å². The number of hydrogen-bond acceptors (Lipinski definition) is 6. The van der Waals surface area contributed by atoms with Crippen molar-refractivity contribution in [1.29, 1.82) is 0 Å². The Labute approximate surface area is 161 Å². The Morgan fingerprint density at radius 2 is 1.74 bits per heavy atom. The number of carbonyl (C=O) groups is 2. The van der Waals surface area contributed by atoms with Crippen molar-refractivity contribution < 1.29 is 28.5 Å². The van der Waals surface area contributed by atoms with Crippen molar-refractivity contribution in [2.75, 3.05) is 26.4 Å². The van der Waals surface area contributed by atoms with Crippen molar-refractivity contribution in [3.05, 3.63) is 35.9 Å². The molecule has 1 atom stereocenters. The van der Waals surface area contributed by atoms with E-state index in [9.17, 15) is 9.59 Å². The van der Waals surface area contributed by atoms with Crippen LogP contribution in [-0.4, -0.2) is 44.7 Å². The zero-order valence-electron chi connectivity index (χ0n) is 16.3. The van der Waals surface area contributed by atoms with Gasteiger partial charge in [0.1, 0.15) is 0 Å². The van der Waals surface area contributed by atoms with E-state index in [-0.39, 0.29) is 25.9 Å². The lowest BCUT2D eigenvalue weighted by Crippen LogP contribution is -2.46. The molecule has 150 valence electrons. The first-order valence-electron chi connectivity index (χ1n) is 9.78. The number of carbonyl (C=O) groups excluding carboxylic acids is 2. The van der Waals surface area contributed by atoms with Crippen LogP contribution in [0.3, 0.4) is 0 Å². The van der Waals surface area contributed by atoms with Crippen LogP contribution < -0.4 is 0 Å². The Bertz CT molecular complexity index is 562. The Morgan fingerprint density at radius 1 is 1.07 bits per heavy atom. The van der Waals surface area contributed by atoms with Gasteiger partial charge in [0.25, 0.3) is 0 Å². The van der Waals surface area contributed by atoms with Crippen molar-refractivity contribution in [2.45, 2.75) is 57.7 Å². The molecule has 0 aliphatic carbocycles. The van der Waals surface area contributed by atoms with Crippen molar-refractivity contribution in [2.24, 2.45) is 0 Å². The number of hydrogen-bond donors (Lipinski definition) is 0. The summed E-state index contributed by atoms with van der Waals surface area (Å²) in [6.45, 7) is 4.95. The topological polar surface area (TPSA) is 71.1 Å². The molecule has 0 unspecified atom stereocenters. The summed E-state index contributed by atoms with van der Waals surface area (Å²) in [6, 6.07) is 8.97. The molecule has 6 nitrogen and oxygen atoms in total. The van der Waals surface area contributed by atoms with Crippen LogP contribution in [0.15, 0.2) is 30.3 Å². The van der Waals surface area contributed by atoms with Gasteiger partial charge in [0.15, 0.2) is 11.7 Å². The monoisotopic (exact) mass is 378 g/mol. The summed E-state index contributed by atoms with van der Waals surface area (Å²) >= 11 is 0. The van der Waals surface area contributed by atoms with Gasteiger partial charge in [-0.25, -0.2) is 0 Å². The van der Waals surface area contributed by atoms with E-state index in [1.54, 1.807) is 38.1 Å². The lowest BCUT2D eigenvalue weighted by molar-refractivity contribution is -0.169. The summed E-state index contributed by atoms with van der Waals surface area (Å²) in [7, 11) is 0. The van der Waals surface area contributed by atoms with Crippen LogP contribution in [0, 0.1) is 0 Å². The number of ether oxygens (including phenoxy) is 4. The molecule has 0 bridgehead atoms. The van der Waals surface area contributed by atoms with Crippen molar-refractivity contribution >= 4 is 11.9 Å². The maximum atomic E-state index is 12.9. The van der Waals surface area contributed by atoms with Crippen LogP contribution in [0.25, 0.3) is 0 Å². The van der Waals surface area contributed by atoms with E-state index < -0.39 is 17.4 Å². The molecule has 1 heterocycles. The SMILES string of the molecule is CCOC(=O)C(CCCO[C@@H]1CCCCO1)(C(=O)OCC)c1ccccc1. The Kier molecular flexibility index (Phi) is 8.75. The molecule has 0 radical (unpaired) electrons. The lowest BCUT2D eigenvalue weighted by Gasteiger charge is -2.30. The highest BCUT2D eigenvalue weighted by Crippen LogP contribution is 2.33. The van der Waals surface area contributed by atoms with Crippen LogP contribution in [0.5, 0.6) is 0 Å². The number of benzene rings is 1. The van der Waals surface area contributed by atoms with E-state index in [1.165, 1.54) is 0 Å². The summed E-state index contributed by atoms with van der Waals surface area (Å²) in [5.74, 6) is -1.16. The van der Waals surface area contributed by atoms with Crippen LogP contribution >= 0.6 is 0 Å². The average molecular weight is 378 g/mol. The fourth-order valence-corrected chi connectivity index (χ4v) is 3.29. The minimum atomic E-state index is -1.48. The van der Waals surface area contributed by atoms with Gasteiger partial charge in [0.2, 0.25) is 0 Å². The zero-order valence-corrected chi connectivity index (χ0v) is 16.3. The maximum absolute atomic E-state index is 12.9. The molecule has 1 aromatic carbocycles. The third-order valence-corrected chi connectivity index (χ3v) is 4.65. The summed E-state index contributed by atoms with van der Waals surface area (Å²) in [6.07, 6.45) is 3.58. The molecule has 2 rings (SSSR count). The molecule has 0 spiro atoms. The molecule has 0 saturated carbocycles. The van der Waals surface area contributed by atoms with Gasteiger partial charge in [-0.05, 0) is 51.5 Å². The second-order valence-corrected chi connectivity index (χ2v) is 6.48. The van der Waals surface area contributed by atoms with Gasteiger partial charge in [-0.1, -0.05) is 30.3 Å². The first-order valence-corrected chi connectivity index (χ1v) is 9.78. The molecule has 0 N–H and O–H groups in total. The fraction of sp³-hybridized carbons (Fsp3) is 0.619. The molecule has 6 heteroatoms. The number of esters is 2. The zero-order chi connectivity index (χ0) is 19.5. The third-order valence-electron chi connectivity index (χ3n) is 4.65. The Balaban J connectivity index is 2.15. The largest absolute Gasteiger partial charge is 0.465 e. The second kappa shape index (κ2) is 11.0. The summed E-state index contributed by atoms with van der Waals surface area (Å²) in [4.78, 5) is 25.8. The molecular formula is C21H30O6. The first kappa shape index (κ1) is 21.4. The van der Waals surface area contributed by atoms with Crippen molar-refractivity contribution in [3.8, 4) is 0 Å². The minimum Gasteiger partial charge on any atom is -0.465 e. The molecule has 0 amide bonds. The van der Waals surface area contributed by atoms with Crippen molar-refractivity contribution in [1.82, 2.24) is 0 Å². The van der Waals surface area contributed by atoms with Crippen molar-refractivity contribution in [3.63, 3.8) is 0 Å². The predicted octanol–water partition coefficient (Wildman–Crippen LogP) is 3.37. The van der Waals surface area contributed by atoms with Crippen LogP contribution in [0.1, 0.15) is 51.5 Å². The molecule has 1 aromatic rings. The molecule has 27 heavy (non-hydrogen) atoms. The van der Waals surface area contributed by atoms with Gasteiger partial charge in [0, 0.05) is 13.2 Å². The average Bonchev–Trinajstić information content (AvgIpc) is 2.70. The highest BCUT2D eigenvalue weighted by molar-refractivity contribution is 6.06. The highest BCUT2D eigenvalue weighted by Gasteiger charge is 2.50. The van der Waals surface area contributed by atoms with Crippen LogP contribution in [0.4, 0.5) is 0 Å². The smallest absolute Gasteiger partial charge is 0.328 e. The van der Waals surface area contributed by atoms with E-state index >= 15 is 0 Å². The van der Waals surface area contributed by atoms with E-state index in [4.69, 9.17) is 18.9 Å². The minimum absolute atomic E-state index is 0.194. The molecular weight excluding hydrogens is 348 g/mol. The third kappa shape index (κ3) is 5.53. The van der Waals surface area contributed by atoms with E-state index in [0.29, 0.717) is 25.2 Å². The molecule has 1 aliphatic heterocycles. The van der Waals surface area contributed by atoms with Gasteiger partial charge in [-0.15, -0.1) is 0 Å². The maximum Gasteiger partial charge on any atom is 0.328 e. The second-order valence-electron chi connectivity index (χ2n) is 6.48. The lowest BCUT2D eigenvalue weighted by atomic mass is 9.76. The Hall–Kier alpha value is -1.92. The van der Waals surface area contributed by atoms with Gasteiger partial charge in [-0.3, -0.25) is 9.59 Å². The van der Waals surface area contributed by atoms with Crippen LogP contribution in [-0.2, 0) is 34.0 Å². The molecule has 1 aliphatic rings. The standard InChI is InChI=1S/C21H30O6/c1-3-24-19(22)21(20(23)25-4-2,17-11-6-5-7-12-17)14-10-16-27-18-13-8-9-15-26-18/h5-7,11-12,18H,3-4,8-10,13-16H2,1-2H3/t18-/m1/s1.